The first-order valence-electron chi connectivity index (χ1n) is 5.54. The number of halogens is 2. The number of benzene rings is 1. The van der Waals surface area contributed by atoms with Gasteiger partial charge in [0.2, 0.25) is 0 Å². The molecule has 92 valence electrons. The largest absolute Gasteiger partial charge is 0.301 e. The van der Waals surface area contributed by atoms with Gasteiger partial charge in [-0.3, -0.25) is 0 Å². The lowest BCUT2D eigenvalue weighted by Gasteiger charge is -2.06. The van der Waals surface area contributed by atoms with Gasteiger partial charge >= 0.3 is 0 Å². The van der Waals surface area contributed by atoms with E-state index in [1.807, 2.05) is 12.1 Å². The Morgan fingerprint density at radius 1 is 1.22 bits per heavy atom. The summed E-state index contributed by atoms with van der Waals surface area (Å²) in [4.78, 5) is 1.29. The van der Waals surface area contributed by atoms with Crippen LogP contribution >= 0.6 is 34.5 Å². The molecule has 3 rings (SSSR count). The highest BCUT2D eigenvalue weighted by Crippen LogP contribution is 2.29. The molecule has 0 saturated heterocycles. The third-order valence-corrected chi connectivity index (χ3v) is 4.26. The number of nitrogens with one attached hydrogen (secondary N) is 1. The minimum Gasteiger partial charge on any atom is -0.301 e. The summed E-state index contributed by atoms with van der Waals surface area (Å²) in [6.07, 6.45) is 0.858. The average Bonchev–Trinajstić information content (AvgIpc) is 2.99. The smallest absolute Gasteiger partial charge is 0.0838 e. The number of nitrogens with zero attached hydrogens (tertiary/aromatic N) is 1. The first kappa shape index (κ1) is 12.0. The van der Waals surface area contributed by atoms with Crippen LogP contribution in [0.4, 0.5) is 0 Å². The Morgan fingerprint density at radius 2 is 2.00 bits per heavy atom. The number of hydrogen-bond acceptors (Lipinski definition) is 3. The third-order valence-electron chi connectivity index (χ3n) is 2.84. The van der Waals surface area contributed by atoms with Gasteiger partial charge in [-0.1, -0.05) is 29.3 Å². The Morgan fingerprint density at radius 3 is 2.67 bits per heavy atom. The molecule has 1 unspecified atom stereocenters. The van der Waals surface area contributed by atoms with E-state index in [0.717, 1.165) is 17.7 Å². The van der Waals surface area contributed by atoms with E-state index in [9.17, 15) is 0 Å². The fourth-order valence-corrected chi connectivity index (χ4v) is 3.29. The van der Waals surface area contributed by atoms with Crippen LogP contribution in [0.25, 0.3) is 0 Å². The fourth-order valence-electron chi connectivity index (χ4n) is 2.00. The van der Waals surface area contributed by atoms with Crippen molar-refractivity contribution in [1.82, 2.24) is 5.43 Å². The average molecular weight is 297 g/mol. The zero-order chi connectivity index (χ0) is 12.5. The summed E-state index contributed by atoms with van der Waals surface area (Å²) in [6.45, 7) is 0. The molecule has 5 heteroatoms. The molecule has 18 heavy (non-hydrogen) atoms. The zero-order valence-electron chi connectivity index (χ0n) is 9.36. The van der Waals surface area contributed by atoms with E-state index in [4.69, 9.17) is 23.2 Å². The molecule has 0 aliphatic carbocycles. The van der Waals surface area contributed by atoms with Gasteiger partial charge in [-0.15, -0.1) is 11.3 Å². The molecular formula is C13H10Cl2N2S. The van der Waals surface area contributed by atoms with Crippen LogP contribution in [0.3, 0.4) is 0 Å². The molecule has 1 N–H and O–H groups in total. The van der Waals surface area contributed by atoms with Crippen LogP contribution in [0.2, 0.25) is 10.0 Å². The molecule has 0 bridgehead atoms. The van der Waals surface area contributed by atoms with E-state index in [-0.39, 0.29) is 6.04 Å². The van der Waals surface area contributed by atoms with Gasteiger partial charge in [-0.2, -0.15) is 5.10 Å². The van der Waals surface area contributed by atoms with Gasteiger partial charge in [0, 0.05) is 26.9 Å². The quantitative estimate of drug-likeness (QED) is 0.867. The molecule has 0 saturated carbocycles. The minimum absolute atomic E-state index is 0.262. The second-order valence-corrected chi connectivity index (χ2v) is 5.97. The Bertz CT molecular complexity index is 573. The van der Waals surface area contributed by atoms with Crippen LogP contribution in [0.1, 0.15) is 22.9 Å². The summed E-state index contributed by atoms with van der Waals surface area (Å²) in [6, 6.07) is 9.95. The minimum atomic E-state index is 0.262. The SMILES string of the molecule is Clc1cc(Cl)cc(C2=NNC(c3cccs3)C2)c1. The molecule has 1 atom stereocenters. The topological polar surface area (TPSA) is 24.4 Å². The molecule has 2 heterocycles. The summed E-state index contributed by atoms with van der Waals surface area (Å²) in [5.74, 6) is 0. The van der Waals surface area contributed by atoms with E-state index in [1.54, 1.807) is 17.4 Å². The van der Waals surface area contributed by atoms with Crippen LogP contribution in [-0.2, 0) is 0 Å². The van der Waals surface area contributed by atoms with Crippen molar-refractivity contribution in [2.45, 2.75) is 12.5 Å². The van der Waals surface area contributed by atoms with Crippen molar-refractivity contribution in [1.29, 1.82) is 0 Å². The van der Waals surface area contributed by atoms with Gasteiger partial charge in [0.25, 0.3) is 0 Å². The number of hydrazone groups is 1. The predicted molar refractivity (Wildman–Crippen MR) is 77.8 cm³/mol. The van der Waals surface area contributed by atoms with Crippen LogP contribution in [0.15, 0.2) is 40.8 Å². The number of hydrogen-bond donors (Lipinski definition) is 1. The zero-order valence-corrected chi connectivity index (χ0v) is 11.7. The van der Waals surface area contributed by atoms with E-state index in [1.165, 1.54) is 4.88 Å². The van der Waals surface area contributed by atoms with Crippen molar-refractivity contribution in [3.8, 4) is 0 Å². The molecule has 2 aromatic rings. The lowest BCUT2D eigenvalue weighted by atomic mass is 10.0. The van der Waals surface area contributed by atoms with Crippen LogP contribution in [0.5, 0.6) is 0 Å². The second kappa shape index (κ2) is 4.92. The summed E-state index contributed by atoms with van der Waals surface area (Å²) in [7, 11) is 0. The number of rotatable bonds is 2. The van der Waals surface area contributed by atoms with Crippen molar-refractivity contribution in [2.24, 2.45) is 5.10 Å². The van der Waals surface area contributed by atoms with Crippen LogP contribution in [0, 0.1) is 0 Å². The normalized spacial score (nSPS) is 18.6. The predicted octanol–water partition coefficient (Wildman–Crippen LogP) is 4.49. The molecular weight excluding hydrogens is 287 g/mol. The lowest BCUT2D eigenvalue weighted by Crippen LogP contribution is -2.07. The Labute approximate surface area is 119 Å². The molecule has 0 spiro atoms. The molecule has 2 nitrogen and oxygen atoms in total. The van der Waals surface area contributed by atoms with Gasteiger partial charge in [-0.25, -0.2) is 0 Å². The van der Waals surface area contributed by atoms with Gasteiger partial charge in [0.05, 0.1) is 11.8 Å². The maximum Gasteiger partial charge on any atom is 0.0838 e. The highest BCUT2D eigenvalue weighted by molar-refractivity contribution is 7.10. The molecule has 0 amide bonds. The van der Waals surface area contributed by atoms with Gasteiger partial charge in [0.15, 0.2) is 0 Å². The van der Waals surface area contributed by atoms with Gasteiger partial charge in [0.1, 0.15) is 0 Å². The van der Waals surface area contributed by atoms with Crippen LogP contribution in [-0.4, -0.2) is 5.71 Å². The lowest BCUT2D eigenvalue weighted by molar-refractivity contribution is 0.630. The standard InChI is InChI=1S/C13H10Cl2N2S/c14-9-4-8(5-10(15)6-9)11-7-12(17-16-11)13-2-1-3-18-13/h1-6,12,17H,7H2. The first-order chi connectivity index (χ1) is 8.72. The first-order valence-corrected chi connectivity index (χ1v) is 7.18. The van der Waals surface area contributed by atoms with Crippen molar-refractivity contribution in [2.75, 3.05) is 0 Å². The summed E-state index contributed by atoms with van der Waals surface area (Å²) in [5.41, 5.74) is 5.14. The van der Waals surface area contributed by atoms with E-state index >= 15 is 0 Å². The van der Waals surface area contributed by atoms with E-state index < -0.39 is 0 Å². The highest BCUT2D eigenvalue weighted by atomic mass is 35.5. The van der Waals surface area contributed by atoms with Crippen LogP contribution < -0.4 is 5.43 Å². The molecule has 0 fully saturated rings. The van der Waals surface area contributed by atoms with Gasteiger partial charge < -0.3 is 5.43 Å². The summed E-state index contributed by atoms with van der Waals surface area (Å²) < 4.78 is 0. The molecule has 0 radical (unpaired) electrons. The maximum absolute atomic E-state index is 6.01. The van der Waals surface area contributed by atoms with Crippen molar-refractivity contribution in [3.63, 3.8) is 0 Å². The molecule has 1 aromatic carbocycles. The van der Waals surface area contributed by atoms with Crippen molar-refractivity contribution in [3.05, 3.63) is 56.2 Å². The molecule has 1 aliphatic heterocycles. The summed E-state index contributed by atoms with van der Waals surface area (Å²) in [5, 5.41) is 7.73. The van der Waals surface area contributed by atoms with E-state index in [0.29, 0.717) is 10.0 Å². The van der Waals surface area contributed by atoms with E-state index in [2.05, 4.69) is 28.0 Å². The Kier molecular flexibility index (Phi) is 3.29. The van der Waals surface area contributed by atoms with Crippen molar-refractivity contribution >= 4 is 40.3 Å². The second-order valence-electron chi connectivity index (χ2n) is 4.12. The summed E-state index contributed by atoms with van der Waals surface area (Å²) >= 11 is 13.7. The van der Waals surface area contributed by atoms with Crippen molar-refractivity contribution < 1.29 is 0 Å². The molecule has 1 aromatic heterocycles. The maximum atomic E-state index is 6.01. The molecule has 1 aliphatic rings. The monoisotopic (exact) mass is 296 g/mol. The Balaban J connectivity index is 1.83. The number of thiophene rings is 1. The third kappa shape index (κ3) is 2.39. The fraction of sp³-hybridized carbons (Fsp3) is 0.154. The highest BCUT2D eigenvalue weighted by Gasteiger charge is 2.22. The Hall–Kier alpha value is -1.03. The van der Waals surface area contributed by atoms with Gasteiger partial charge in [-0.05, 0) is 29.6 Å².